The Morgan fingerprint density at radius 3 is 1.81 bits per heavy atom. The predicted molar refractivity (Wildman–Crippen MR) is 117 cm³/mol. The molecular weight excluding hydrogens is 326 g/mol. The third-order valence-electron chi connectivity index (χ3n) is 5.02. The monoisotopic (exact) mass is 345 g/mol. The number of para-hydroxylation sites is 1. The number of hydrogen-bond donors (Lipinski definition) is 1. The van der Waals surface area contributed by atoms with Crippen LogP contribution in [0.15, 0.2) is 109 Å². The van der Waals surface area contributed by atoms with E-state index in [2.05, 4.69) is 115 Å². The minimum absolute atomic E-state index is 1.10. The Morgan fingerprint density at radius 1 is 0.444 bits per heavy atom. The van der Waals surface area contributed by atoms with Crippen molar-refractivity contribution in [3.63, 3.8) is 0 Å². The molecule has 0 fully saturated rings. The quantitative estimate of drug-likeness (QED) is 0.359. The summed E-state index contributed by atoms with van der Waals surface area (Å²) in [5.41, 5.74) is 4.64. The predicted octanol–water partition coefficient (Wildman–Crippen LogP) is 7.40. The van der Waals surface area contributed by atoms with Gasteiger partial charge in [0, 0.05) is 16.9 Å². The molecule has 0 aliphatic rings. The normalized spacial score (nSPS) is 11.0. The Labute approximate surface area is 158 Å². The number of hydrogen-bond acceptors (Lipinski definition) is 1. The van der Waals surface area contributed by atoms with Crippen LogP contribution in [0.25, 0.3) is 32.7 Å². The molecular formula is C26H19N. The van der Waals surface area contributed by atoms with Gasteiger partial charge in [-0.3, -0.25) is 0 Å². The van der Waals surface area contributed by atoms with Gasteiger partial charge in [0.2, 0.25) is 0 Å². The van der Waals surface area contributed by atoms with E-state index in [1.165, 1.54) is 32.7 Å². The van der Waals surface area contributed by atoms with Crippen molar-refractivity contribution in [3.05, 3.63) is 109 Å². The third-order valence-corrected chi connectivity index (χ3v) is 5.02. The molecule has 0 bridgehead atoms. The van der Waals surface area contributed by atoms with Crippen LogP contribution in [0.2, 0.25) is 0 Å². The lowest BCUT2D eigenvalue weighted by molar-refractivity contribution is 1.55. The first-order valence-corrected chi connectivity index (χ1v) is 9.21. The summed E-state index contributed by atoms with van der Waals surface area (Å²) in [4.78, 5) is 0. The molecule has 0 atom stereocenters. The van der Waals surface area contributed by atoms with Crippen LogP contribution < -0.4 is 5.32 Å². The van der Waals surface area contributed by atoms with E-state index in [1.807, 2.05) is 0 Å². The van der Waals surface area contributed by atoms with Gasteiger partial charge in [-0.15, -0.1) is 0 Å². The van der Waals surface area contributed by atoms with E-state index in [9.17, 15) is 0 Å². The van der Waals surface area contributed by atoms with Gasteiger partial charge in [0.1, 0.15) is 0 Å². The lowest BCUT2D eigenvalue weighted by atomic mass is 9.99. The second-order valence-corrected chi connectivity index (χ2v) is 6.79. The topological polar surface area (TPSA) is 12.0 Å². The number of anilines is 2. The van der Waals surface area contributed by atoms with Crippen LogP contribution in [-0.2, 0) is 0 Å². The molecule has 0 amide bonds. The standard InChI is InChI=1S/C26H19N/c1-3-9-21-17-23(14-13-19(21)7-1)25-11-5-6-12-26(25)27-24-16-15-20-8-2-4-10-22(20)18-24/h1-18,27H. The molecule has 5 rings (SSSR count). The molecule has 0 saturated heterocycles. The van der Waals surface area contributed by atoms with Crippen molar-refractivity contribution in [2.24, 2.45) is 0 Å². The lowest BCUT2D eigenvalue weighted by Crippen LogP contribution is -1.93. The molecule has 0 radical (unpaired) electrons. The molecule has 5 aromatic rings. The zero-order chi connectivity index (χ0) is 18.1. The van der Waals surface area contributed by atoms with Gasteiger partial charge in [0.05, 0.1) is 0 Å². The van der Waals surface area contributed by atoms with Gasteiger partial charge in [0.15, 0.2) is 0 Å². The summed E-state index contributed by atoms with van der Waals surface area (Å²) in [5.74, 6) is 0. The van der Waals surface area contributed by atoms with Crippen LogP contribution >= 0.6 is 0 Å². The second-order valence-electron chi connectivity index (χ2n) is 6.79. The average molecular weight is 345 g/mol. The van der Waals surface area contributed by atoms with E-state index in [0.29, 0.717) is 0 Å². The minimum atomic E-state index is 1.10. The smallest absolute Gasteiger partial charge is 0.0463 e. The highest BCUT2D eigenvalue weighted by atomic mass is 14.9. The summed E-state index contributed by atoms with van der Waals surface area (Å²) < 4.78 is 0. The molecule has 5 aromatic carbocycles. The van der Waals surface area contributed by atoms with Crippen molar-refractivity contribution in [1.29, 1.82) is 0 Å². The highest BCUT2D eigenvalue weighted by molar-refractivity contribution is 5.91. The Hall–Kier alpha value is -3.58. The molecule has 0 aliphatic carbocycles. The van der Waals surface area contributed by atoms with Gasteiger partial charge in [-0.05, 0) is 51.4 Å². The third kappa shape index (κ3) is 3.04. The summed E-state index contributed by atoms with van der Waals surface area (Å²) in [5, 5.41) is 8.63. The lowest BCUT2D eigenvalue weighted by Gasteiger charge is -2.13. The van der Waals surface area contributed by atoms with Crippen molar-refractivity contribution in [3.8, 4) is 11.1 Å². The van der Waals surface area contributed by atoms with E-state index in [-0.39, 0.29) is 0 Å². The molecule has 0 saturated carbocycles. The molecule has 1 heteroatoms. The molecule has 0 aliphatic heterocycles. The number of benzene rings is 5. The molecule has 27 heavy (non-hydrogen) atoms. The van der Waals surface area contributed by atoms with Crippen molar-refractivity contribution < 1.29 is 0 Å². The van der Waals surface area contributed by atoms with Gasteiger partial charge in [-0.1, -0.05) is 84.9 Å². The van der Waals surface area contributed by atoms with Gasteiger partial charge in [0.25, 0.3) is 0 Å². The zero-order valence-electron chi connectivity index (χ0n) is 14.9. The van der Waals surface area contributed by atoms with Crippen molar-refractivity contribution >= 4 is 32.9 Å². The molecule has 0 heterocycles. The van der Waals surface area contributed by atoms with Crippen molar-refractivity contribution in [2.45, 2.75) is 0 Å². The number of nitrogens with one attached hydrogen (secondary N) is 1. The second kappa shape index (κ2) is 6.62. The molecule has 0 spiro atoms. The fourth-order valence-corrected chi connectivity index (χ4v) is 3.62. The van der Waals surface area contributed by atoms with Crippen LogP contribution in [0.1, 0.15) is 0 Å². The fourth-order valence-electron chi connectivity index (χ4n) is 3.62. The van der Waals surface area contributed by atoms with Crippen LogP contribution in [0.5, 0.6) is 0 Å². The number of fused-ring (bicyclic) bond motifs is 2. The van der Waals surface area contributed by atoms with E-state index in [4.69, 9.17) is 0 Å². The summed E-state index contributed by atoms with van der Waals surface area (Å²) in [6.45, 7) is 0. The Morgan fingerprint density at radius 2 is 1.04 bits per heavy atom. The molecule has 128 valence electrons. The van der Waals surface area contributed by atoms with Gasteiger partial charge < -0.3 is 5.32 Å². The Balaban J connectivity index is 1.56. The largest absolute Gasteiger partial charge is 0.355 e. The fraction of sp³-hybridized carbons (Fsp3) is 0. The first-order chi connectivity index (χ1) is 13.4. The van der Waals surface area contributed by atoms with Crippen LogP contribution in [0.4, 0.5) is 11.4 Å². The van der Waals surface area contributed by atoms with Crippen LogP contribution in [0.3, 0.4) is 0 Å². The molecule has 0 unspecified atom stereocenters. The van der Waals surface area contributed by atoms with Crippen LogP contribution in [0, 0.1) is 0 Å². The van der Waals surface area contributed by atoms with Crippen molar-refractivity contribution in [1.82, 2.24) is 0 Å². The highest BCUT2D eigenvalue weighted by Gasteiger charge is 2.06. The maximum absolute atomic E-state index is 3.61. The van der Waals surface area contributed by atoms with E-state index >= 15 is 0 Å². The maximum Gasteiger partial charge on any atom is 0.0463 e. The summed E-state index contributed by atoms with van der Waals surface area (Å²) >= 11 is 0. The Kier molecular flexibility index (Phi) is 3.84. The van der Waals surface area contributed by atoms with Crippen LogP contribution in [-0.4, -0.2) is 0 Å². The van der Waals surface area contributed by atoms with Gasteiger partial charge in [-0.2, -0.15) is 0 Å². The van der Waals surface area contributed by atoms with Gasteiger partial charge >= 0.3 is 0 Å². The van der Waals surface area contributed by atoms with E-state index < -0.39 is 0 Å². The number of rotatable bonds is 3. The summed E-state index contributed by atoms with van der Waals surface area (Å²) in [6.07, 6.45) is 0. The molecule has 0 aromatic heterocycles. The summed E-state index contributed by atoms with van der Waals surface area (Å²) in [7, 11) is 0. The Bertz CT molecular complexity index is 1250. The summed E-state index contributed by atoms with van der Waals surface area (Å²) in [6, 6.07) is 38.6. The first-order valence-electron chi connectivity index (χ1n) is 9.21. The van der Waals surface area contributed by atoms with E-state index in [1.54, 1.807) is 0 Å². The average Bonchev–Trinajstić information content (AvgIpc) is 2.74. The van der Waals surface area contributed by atoms with Gasteiger partial charge in [-0.25, -0.2) is 0 Å². The minimum Gasteiger partial charge on any atom is -0.355 e. The zero-order valence-corrected chi connectivity index (χ0v) is 14.9. The first kappa shape index (κ1) is 15.7. The highest BCUT2D eigenvalue weighted by Crippen LogP contribution is 2.32. The van der Waals surface area contributed by atoms with Crippen molar-refractivity contribution in [2.75, 3.05) is 5.32 Å². The molecule has 1 N–H and O–H groups in total. The SMILES string of the molecule is c1ccc(-c2ccc3ccccc3c2)c(Nc2ccc3ccccc3c2)c1. The maximum atomic E-state index is 3.61. The van der Waals surface area contributed by atoms with E-state index in [0.717, 1.165) is 11.4 Å². The molecule has 1 nitrogen and oxygen atoms in total.